The number of ether oxygens (including phenoxy) is 3. The minimum absolute atomic E-state index is 0. The molecule has 0 rings (SSSR count). The number of alkyl carbamates (subject to hydrolysis) is 1. The SMILES string of the molecule is C/C=C/C=C/[C@@H](OC(C)=O)[C@@H](NC(=O)OC(C)(C)C)[C@H](OC(C)=O)[C@@H](C)O[Si](C)(C)C(C)(C)C.[C-]#[O+].[C-]#[O+].[C-]#[O+].[Fe]. The van der Waals surface area contributed by atoms with E-state index in [-0.39, 0.29) is 22.1 Å². The Labute approximate surface area is 256 Å². The first-order chi connectivity index (χ1) is 18.3. The van der Waals surface area contributed by atoms with Gasteiger partial charge in [0.15, 0.2) is 14.4 Å². The van der Waals surface area contributed by atoms with Crippen LogP contribution in [0.4, 0.5) is 4.79 Å². The molecule has 0 heterocycles. The van der Waals surface area contributed by atoms with Gasteiger partial charge in [-0.1, -0.05) is 39.0 Å². The molecule has 0 aliphatic heterocycles. The molecule has 0 aromatic heterocycles. The predicted molar refractivity (Wildman–Crippen MR) is 148 cm³/mol. The number of hydrogen-bond donors (Lipinski definition) is 1. The van der Waals surface area contributed by atoms with E-state index in [4.69, 9.17) is 32.6 Å². The van der Waals surface area contributed by atoms with E-state index in [0.717, 1.165) is 0 Å². The summed E-state index contributed by atoms with van der Waals surface area (Å²) in [6, 6.07) is -0.969. The zero-order valence-electron chi connectivity index (χ0n) is 26.1. The number of nitrogens with one attached hydrogen (secondary N) is 1. The minimum Gasteiger partial charge on any atom is 0 e. The molecule has 0 aliphatic rings. The van der Waals surface area contributed by atoms with E-state index in [1.165, 1.54) is 13.8 Å². The maximum absolute atomic E-state index is 12.8. The molecule has 4 atom stereocenters. The van der Waals surface area contributed by atoms with Crippen molar-refractivity contribution in [3.8, 4) is 0 Å². The molecule has 0 aromatic carbocycles. The molecule has 0 fully saturated rings. The molecule has 1 amide bonds. The summed E-state index contributed by atoms with van der Waals surface area (Å²) in [6.07, 6.45) is 3.64. The number of rotatable bonds is 10. The van der Waals surface area contributed by atoms with Crippen LogP contribution in [0.3, 0.4) is 0 Å². The number of esters is 2. The van der Waals surface area contributed by atoms with Crippen LogP contribution >= 0.6 is 0 Å². The number of hydrogen-bond acceptors (Lipinski definition) is 7. The number of carbonyl (C=O) groups is 3. The van der Waals surface area contributed by atoms with Crippen molar-refractivity contribution in [2.75, 3.05) is 0 Å². The van der Waals surface area contributed by atoms with Gasteiger partial charge < -0.3 is 24.0 Å². The Morgan fingerprint density at radius 3 is 1.63 bits per heavy atom. The summed E-state index contributed by atoms with van der Waals surface area (Å²) >= 11 is 0. The second-order valence-corrected chi connectivity index (χ2v) is 15.6. The van der Waals surface area contributed by atoms with Crippen LogP contribution in [0.1, 0.15) is 69.2 Å². The maximum Gasteiger partial charge on any atom is 0 e. The van der Waals surface area contributed by atoms with E-state index in [1.807, 2.05) is 13.0 Å². The quantitative estimate of drug-likeness (QED) is 0.0862. The molecule has 11 nitrogen and oxygen atoms in total. The van der Waals surface area contributed by atoms with Gasteiger partial charge in [0, 0.05) is 30.9 Å². The summed E-state index contributed by atoms with van der Waals surface area (Å²) in [6.45, 7) is 35.4. The average Bonchev–Trinajstić information content (AvgIpc) is 2.82. The first-order valence-corrected chi connectivity index (χ1v) is 15.1. The van der Waals surface area contributed by atoms with E-state index < -0.39 is 56.3 Å². The molecule has 0 spiro atoms. The zero-order chi connectivity index (χ0) is 32.9. The molecule has 1 N–H and O–H groups in total. The Balaban J connectivity index is -0.000000575. The number of amides is 1. The monoisotopic (exact) mass is 639 g/mol. The van der Waals surface area contributed by atoms with Gasteiger partial charge in [0.1, 0.15) is 17.7 Å². The molecule has 0 bridgehead atoms. The van der Waals surface area contributed by atoms with Crippen molar-refractivity contribution in [3.63, 3.8) is 0 Å². The molecule has 0 saturated heterocycles. The Bertz CT molecular complexity index is 869. The van der Waals surface area contributed by atoms with Crippen LogP contribution in [0, 0.1) is 20.0 Å². The van der Waals surface area contributed by atoms with Gasteiger partial charge in [0.05, 0.1) is 6.10 Å². The second-order valence-electron chi connectivity index (χ2n) is 10.8. The standard InChI is InChI=1S/C25H45NO7Si.3CO.Fe/c1-13-14-15-16-20(30-18(3)27)21(26-23(29)32-24(5,6)7)22(31-19(4)28)17(2)33-34(11,12)25(8,9)10;3*1-2;/h13-17,20-22H,1-12H3,(H,26,29);;;;/b14-13+,16-15+;;;;/t17-,20-,21-,22-;;;;/m1..../s1. The van der Waals surface area contributed by atoms with Crippen molar-refractivity contribution in [1.29, 1.82) is 0 Å². The third-order valence-electron chi connectivity index (χ3n) is 5.35. The van der Waals surface area contributed by atoms with Crippen LogP contribution in [-0.2, 0) is 59.3 Å². The third-order valence-corrected chi connectivity index (χ3v) is 9.92. The summed E-state index contributed by atoms with van der Waals surface area (Å²) in [5.41, 5.74) is -0.757. The average molecular weight is 640 g/mol. The smallest absolute Gasteiger partial charge is 0 e. The molecule has 0 aromatic rings. The Hall–Kier alpha value is -2.39. The van der Waals surface area contributed by atoms with Crippen molar-refractivity contribution in [2.45, 2.75) is 117 Å². The van der Waals surface area contributed by atoms with Crippen molar-refractivity contribution in [2.24, 2.45) is 0 Å². The molecule has 0 saturated carbocycles. The van der Waals surface area contributed by atoms with Gasteiger partial charge in [-0.3, -0.25) is 9.59 Å². The van der Waals surface area contributed by atoms with Gasteiger partial charge in [-0.05, 0) is 58.8 Å². The summed E-state index contributed by atoms with van der Waals surface area (Å²) in [5, 5.41) is 2.66. The molecular weight excluding hydrogens is 594 g/mol. The van der Waals surface area contributed by atoms with Crippen LogP contribution in [0.15, 0.2) is 24.3 Å². The summed E-state index contributed by atoms with van der Waals surface area (Å²) in [4.78, 5) is 36.8. The van der Waals surface area contributed by atoms with Crippen molar-refractivity contribution in [3.05, 3.63) is 44.3 Å². The fourth-order valence-electron chi connectivity index (χ4n) is 2.86. The number of allylic oxidation sites excluding steroid dienone is 3. The normalized spacial score (nSPS) is 13.9. The van der Waals surface area contributed by atoms with E-state index in [0.29, 0.717) is 0 Å². The first-order valence-electron chi connectivity index (χ1n) is 12.2. The Kier molecular flexibility index (Phi) is 28.6. The van der Waals surface area contributed by atoms with Crippen molar-refractivity contribution in [1.82, 2.24) is 5.32 Å². The molecule has 234 valence electrons. The topological polar surface area (TPSA) is 160 Å². The Morgan fingerprint density at radius 2 is 1.29 bits per heavy atom. The van der Waals surface area contributed by atoms with Gasteiger partial charge >= 0.3 is 51.9 Å². The third kappa shape index (κ3) is 22.9. The van der Waals surface area contributed by atoms with Gasteiger partial charge in [0.2, 0.25) is 0 Å². The molecular formula is C28H45FeNO10Si. The first kappa shape index (κ1) is 48.3. The minimum atomic E-state index is -2.28. The van der Waals surface area contributed by atoms with Gasteiger partial charge in [-0.15, -0.1) is 0 Å². The predicted octanol–water partition coefficient (Wildman–Crippen LogP) is 5.17. The van der Waals surface area contributed by atoms with Crippen LogP contribution < -0.4 is 5.32 Å². The molecule has 41 heavy (non-hydrogen) atoms. The van der Waals surface area contributed by atoms with Crippen LogP contribution in [0.5, 0.6) is 0 Å². The van der Waals surface area contributed by atoms with E-state index in [9.17, 15) is 14.4 Å². The number of carbonyl (C=O) groups excluding carboxylic acids is 3. The largest absolute Gasteiger partial charge is 0 e. The summed E-state index contributed by atoms with van der Waals surface area (Å²) in [7, 11) is -2.28. The zero-order valence-corrected chi connectivity index (χ0v) is 28.2. The van der Waals surface area contributed by atoms with Gasteiger partial charge in [0.25, 0.3) is 0 Å². The van der Waals surface area contributed by atoms with Crippen LogP contribution in [0.25, 0.3) is 0 Å². The summed E-state index contributed by atoms with van der Waals surface area (Å²) < 4.78 is 45.7. The van der Waals surface area contributed by atoms with E-state index in [1.54, 1.807) is 45.9 Å². The van der Waals surface area contributed by atoms with Gasteiger partial charge in [-0.2, -0.15) is 0 Å². The summed E-state index contributed by atoms with van der Waals surface area (Å²) in [5.74, 6) is -1.10. The molecule has 0 aliphatic carbocycles. The van der Waals surface area contributed by atoms with Crippen LogP contribution in [-0.4, -0.2) is 56.3 Å². The van der Waals surface area contributed by atoms with Crippen molar-refractivity contribution >= 4 is 26.3 Å². The Morgan fingerprint density at radius 1 is 0.854 bits per heavy atom. The maximum atomic E-state index is 12.8. The van der Waals surface area contributed by atoms with E-state index in [2.05, 4.69) is 59.1 Å². The fraction of sp³-hybridized carbons (Fsp3) is 0.643. The van der Waals surface area contributed by atoms with Gasteiger partial charge in [-0.25, -0.2) is 4.79 Å². The van der Waals surface area contributed by atoms with Crippen molar-refractivity contribution < 1.29 is 64.0 Å². The molecule has 0 radical (unpaired) electrons. The molecule has 13 heteroatoms. The second kappa shape index (κ2) is 24.2. The fourth-order valence-corrected chi connectivity index (χ4v) is 4.28. The van der Waals surface area contributed by atoms with E-state index >= 15 is 0 Å². The molecule has 0 unspecified atom stereocenters. The van der Waals surface area contributed by atoms with Crippen LogP contribution in [0.2, 0.25) is 18.1 Å².